The molecule has 11 heteroatoms. The van der Waals surface area contributed by atoms with Crippen LogP contribution in [0.15, 0.2) is 18.6 Å². The van der Waals surface area contributed by atoms with Gasteiger partial charge < -0.3 is 9.88 Å². The summed E-state index contributed by atoms with van der Waals surface area (Å²) in [5.41, 5.74) is 0.394. The predicted octanol–water partition coefficient (Wildman–Crippen LogP) is 3.05. The molecule has 1 saturated heterocycles. The van der Waals surface area contributed by atoms with Gasteiger partial charge in [-0.05, 0) is 50.5 Å². The Balaban J connectivity index is 1.16. The van der Waals surface area contributed by atoms with Crippen molar-refractivity contribution in [1.29, 1.82) is 0 Å². The van der Waals surface area contributed by atoms with Crippen molar-refractivity contribution in [2.75, 3.05) is 31.1 Å². The normalized spacial score (nSPS) is 23.8. The van der Waals surface area contributed by atoms with Crippen LogP contribution in [0.1, 0.15) is 51.4 Å². The maximum Gasteiger partial charge on any atom is 0.280 e. The Morgan fingerprint density at radius 1 is 1.16 bits per heavy atom. The summed E-state index contributed by atoms with van der Waals surface area (Å²) in [5, 5.41) is 0.943. The number of alkyl halides is 2. The number of aromatic nitrogens is 3. The maximum atomic E-state index is 13.3. The molecule has 0 aromatic carbocycles. The van der Waals surface area contributed by atoms with E-state index in [4.69, 9.17) is 0 Å². The summed E-state index contributed by atoms with van der Waals surface area (Å²) >= 11 is 0. The number of halogens is 2. The number of nitrogens with one attached hydrogen (secondary N) is 2. The van der Waals surface area contributed by atoms with Crippen LogP contribution in [0, 0.1) is 5.92 Å². The second kappa shape index (κ2) is 8.18. The zero-order valence-electron chi connectivity index (χ0n) is 18.1. The Hall–Kier alpha value is -1.85. The first-order valence-electron chi connectivity index (χ1n) is 11.5. The van der Waals surface area contributed by atoms with Crippen molar-refractivity contribution in [1.82, 2.24) is 24.0 Å². The van der Waals surface area contributed by atoms with Crippen LogP contribution in [0.4, 0.5) is 14.6 Å². The number of nitrogens with zero attached hydrogens (tertiary/aromatic N) is 4. The Labute approximate surface area is 187 Å². The lowest BCUT2D eigenvalue weighted by molar-refractivity contribution is -0.0466. The number of rotatable bonds is 7. The predicted molar refractivity (Wildman–Crippen MR) is 118 cm³/mol. The van der Waals surface area contributed by atoms with Crippen LogP contribution < -0.4 is 9.62 Å². The molecule has 176 valence electrons. The van der Waals surface area contributed by atoms with Crippen molar-refractivity contribution in [2.24, 2.45) is 5.92 Å². The lowest BCUT2D eigenvalue weighted by atomic mass is 9.84. The average molecular weight is 469 g/mol. The molecule has 2 aromatic rings. The third-order valence-electron chi connectivity index (χ3n) is 7.25. The highest BCUT2D eigenvalue weighted by molar-refractivity contribution is 7.87. The zero-order chi connectivity index (χ0) is 22.4. The zero-order valence-corrected chi connectivity index (χ0v) is 18.9. The topological polar surface area (TPSA) is 94.2 Å². The molecule has 5 rings (SSSR count). The van der Waals surface area contributed by atoms with E-state index < -0.39 is 16.1 Å². The summed E-state index contributed by atoms with van der Waals surface area (Å²) in [4.78, 5) is 14.0. The molecule has 0 bridgehead atoms. The molecule has 1 spiro atoms. The standard InChI is InChI=1S/C21H30F2N6O2S/c22-21(23)6-3-16(4-7-21)2-1-10-27-32(30,31)29-13-12-28(14-20(29)8-9-20)19-17-5-11-24-18(17)25-15-26-19/h5,11,15-16,27H,1-4,6-10,12-14H2,(H,24,25,26). The summed E-state index contributed by atoms with van der Waals surface area (Å²) in [7, 11) is -3.59. The average Bonchev–Trinajstić information content (AvgIpc) is 3.33. The van der Waals surface area contributed by atoms with E-state index in [1.807, 2.05) is 12.3 Å². The van der Waals surface area contributed by atoms with Crippen LogP contribution >= 0.6 is 0 Å². The van der Waals surface area contributed by atoms with Crippen molar-refractivity contribution < 1.29 is 17.2 Å². The molecule has 0 atom stereocenters. The molecule has 2 N–H and O–H groups in total. The molecule has 0 radical (unpaired) electrons. The van der Waals surface area contributed by atoms with E-state index in [9.17, 15) is 17.2 Å². The largest absolute Gasteiger partial charge is 0.353 e. The summed E-state index contributed by atoms with van der Waals surface area (Å²) in [5.74, 6) is -1.40. The number of hydrogen-bond donors (Lipinski definition) is 2. The van der Waals surface area contributed by atoms with Gasteiger partial charge in [0.2, 0.25) is 5.92 Å². The fourth-order valence-electron chi connectivity index (χ4n) is 5.24. The maximum absolute atomic E-state index is 13.3. The number of fused-ring (bicyclic) bond motifs is 1. The number of H-pyrrole nitrogens is 1. The molecular formula is C21H30F2N6O2S. The third kappa shape index (κ3) is 4.34. The first kappa shape index (κ1) is 22.0. The van der Waals surface area contributed by atoms with Gasteiger partial charge in [-0.3, -0.25) is 0 Å². The molecule has 3 aliphatic rings. The van der Waals surface area contributed by atoms with Crippen LogP contribution in [0.25, 0.3) is 11.0 Å². The summed E-state index contributed by atoms with van der Waals surface area (Å²) in [6.07, 6.45) is 7.47. The Kier molecular flexibility index (Phi) is 5.61. The fourth-order valence-corrected chi connectivity index (χ4v) is 6.87. The van der Waals surface area contributed by atoms with Gasteiger partial charge >= 0.3 is 0 Å². The second-order valence-electron chi connectivity index (χ2n) is 9.50. The van der Waals surface area contributed by atoms with Crippen molar-refractivity contribution in [3.63, 3.8) is 0 Å². The Morgan fingerprint density at radius 3 is 2.69 bits per heavy atom. The first-order valence-corrected chi connectivity index (χ1v) is 12.9. The van der Waals surface area contributed by atoms with Crippen LogP contribution in [-0.2, 0) is 10.2 Å². The van der Waals surface area contributed by atoms with Gasteiger partial charge in [-0.25, -0.2) is 23.5 Å². The highest BCUT2D eigenvalue weighted by Gasteiger charge is 2.56. The van der Waals surface area contributed by atoms with Gasteiger partial charge in [0.1, 0.15) is 17.8 Å². The number of piperazine rings is 1. The highest BCUT2D eigenvalue weighted by Crippen LogP contribution is 2.46. The minimum atomic E-state index is -3.59. The van der Waals surface area contributed by atoms with Gasteiger partial charge in [0.05, 0.1) is 10.9 Å². The molecular weight excluding hydrogens is 438 g/mol. The van der Waals surface area contributed by atoms with Crippen molar-refractivity contribution in [3.8, 4) is 0 Å². The molecule has 1 aliphatic heterocycles. The molecule has 2 saturated carbocycles. The molecule has 2 aromatic heterocycles. The van der Waals surface area contributed by atoms with Gasteiger partial charge in [-0.1, -0.05) is 0 Å². The van der Waals surface area contributed by atoms with E-state index in [-0.39, 0.29) is 24.3 Å². The van der Waals surface area contributed by atoms with Crippen LogP contribution in [0.3, 0.4) is 0 Å². The monoisotopic (exact) mass is 468 g/mol. The van der Waals surface area contributed by atoms with Crippen LogP contribution in [0.5, 0.6) is 0 Å². The second-order valence-corrected chi connectivity index (χ2v) is 11.2. The van der Waals surface area contributed by atoms with Gasteiger partial charge in [-0.15, -0.1) is 0 Å². The molecule has 0 amide bonds. The van der Waals surface area contributed by atoms with E-state index >= 15 is 0 Å². The molecule has 8 nitrogen and oxygen atoms in total. The number of hydrogen-bond acceptors (Lipinski definition) is 5. The Bertz CT molecular complexity index is 1060. The first-order chi connectivity index (χ1) is 15.3. The van der Waals surface area contributed by atoms with Crippen molar-refractivity contribution >= 4 is 27.1 Å². The summed E-state index contributed by atoms with van der Waals surface area (Å²) < 4.78 is 57.1. The molecule has 2 aliphatic carbocycles. The lowest BCUT2D eigenvalue weighted by Crippen LogP contribution is -2.59. The minimum absolute atomic E-state index is 0.0441. The van der Waals surface area contributed by atoms with E-state index in [1.54, 1.807) is 4.31 Å². The fraction of sp³-hybridized carbons (Fsp3) is 0.714. The van der Waals surface area contributed by atoms with Crippen LogP contribution in [-0.4, -0.2) is 65.3 Å². The summed E-state index contributed by atoms with van der Waals surface area (Å²) in [6.45, 7) is 1.93. The van der Waals surface area contributed by atoms with E-state index in [1.165, 1.54) is 6.33 Å². The summed E-state index contributed by atoms with van der Waals surface area (Å²) in [6, 6.07) is 1.95. The van der Waals surface area contributed by atoms with E-state index in [2.05, 4.69) is 24.6 Å². The number of aromatic amines is 1. The van der Waals surface area contributed by atoms with Crippen molar-refractivity contribution in [2.45, 2.75) is 62.8 Å². The number of anilines is 1. The molecule has 32 heavy (non-hydrogen) atoms. The van der Waals surface area contributed by atoms with Gasteiger partial charge in [0.25, 0.3) is 10.2 Å². The Morgan fingerprint density at radius 2 is 1.94 bits per heavy atom. The van der Waals surface area contributed by atoms with Gasteiger partial charge in [0, 0.05) is 45.2 Å². The smallest absolute Gasteiger partial charge is 0.280 e. The lowest BCUT2D eigenvalue weighted by Gasteiger charge is -2.41. The molecule has 3 fully saturated rings. The van der Waals surface area contributed by atoms with Crippen molar-refractivity contribution in [3.05, 3.63) is 18.6 Å². The van der Waals surface area contributed by atoms with Gasteiger partial charge in [0.15, 0.2) is 0 Å². The SMILES string of the molecule is O=S(=O)(NCCCC1CCC(F)(F)CC1)N1CCN(c2ncnc3[nH]ccc23)CC12CC2. The third-order valence-corrected chi connectivity index (χ3v) is 8.97. The molecule has 3 heterocycles. The van der Waals surface area contributed by atoms with Crippen LogP contribution in [0.2, 0.25) is 0 Å². The quantitative estimate of drug-likeness (QED) is 0.609. The molecule has 0 unspecified atom stereocenters. The van der Waals surface area contributed by atoms with E-state index in [0.717, 1.165) is 36.1 Å². The minimum Gasteiger partial charge on any atom is -0.353 e. The van der Waals surface area contributed by atoms with E-state index in [0.29, 0.717) is 45.4 Å². The highest BCUT2D eigenvalue weighted by atomic mass is 32.2. The van der Waals surface area contributed by atoms with Gasteiger partial charge in [-0.2, -0.15) is 12.7 Å².